The van der Waals surface area contributed by atoms with Crippen LogP contribution in [-0.2, 0) is 0 Å². The van der Waals surface area contributed by atoms with Crippen molar-refractivity contribution in [3.8, 4) is 0 Å². The predicted molar refractivity (Wildman–Crippen MR) is 64.3 cm³/mol. The Morgan fingerprint density at radius 3 is 2.14 bits per heavy atom. The fraction of sp³-hybridized carbons (Fsp3) is 1.00. The number of rotatable bonds is 2. The molecule has 0 bridgehead atoms. The van der Waals surface area contributed by atoms with Gasteiger partial charge in [-0.1, -0.05) is 34.6 Å². The van der Waals surface area contributed by atoms with Crippen LogP contribution in [0.3, 0.4) is 0 Å². The van der Waals surface area contributed by atoms with Crippen LogP contribution in [0.25, 0.3) is 0 Å². The van der Waals surface area contributed by atoms with E-state index in [4.69, 9.17) is 5.73 Å². The van der Waals surface area contributed by atoms with Crippen LogP contribution in [0.1, 0.15) is 41.0 Å². The van der Waals surface area contributed by atoms with Crippen LogP contribution in [0.2, 0.25) is 0 Å². The van der Waals surface area contributed by atoms with Gasteiger partial charge in [-0.2, -0.15) is 0 Å². The lowest BCUT2D eigenvalue weighted by molar-refractivity contribution is 0.242. The van der Waals surface area contributed by atoms with Crippen LogP contribution in [0.4, 0.5) is 0 Å². The van der Waals surface area contributed by atoms with Crippen LogP contribution < -0.4 is 11.1 Å². The van der Waals surface area contributed by atoms with Gasteiger partial charge >= 0.3 is 0 Å². The van der Waals surface area contributed by atoms with E-state index < -0.39 is 0 Å². The van der Waals surface area contributed by atoms with Gasteiger partial charge in [0.15, 0.2) is 0 Å². The molecule has 0 aromatic carbocycles. The molecule has 0 aliphatic heterocycles. The van der Waals surface area contributed by atoms with Crippen LogP contribution >= 0.6 is 0 Å². The van der Waals surface area contributed by atoms with Crippen molar-refractivity contribution >= 4 is 0 Å². The van der Waals surface area contributed by atoms with Crippen molar-refractivity contribution in [3.63, 3.8) is 0 Å². The normalized spacial score (nSPS) is 34.9. The summed E-state index contributed by atoms with van der Waals surface area (Å²) in [6.07, 6.45) is 1.26. The first kappa shape index (κ1) is 13.9. The zero-order valence-electron chi connectivity index (χ0n) is 10.7. The molecule has 1 saturated carbocycles. The molecule has 0 aromatic heterocycles. The van der Waals surface area contributed by atoms with E-state index in [-0.39, 0.29) is 0 Å². The lowest BCUT2D eigenvalue weighted by atomic mass is 9.81. The average molecular weight is 200 g/mol. The van der Waals surface area contributed by atoms with Gasteiger partial charge in [-0.25, -0.2) is 0 Å². The number of nitrogens with two attached hydrogens (primary N) is 1. The van der Waals surface area contributed by atoms with Crippen molar-refractivity contribution in [2.24, 2.45) is 23.0 Å². The van der Waals surface area contributed by atoms with Crippen molar-refractivity contribution < 1.29 is 0 Å². The standard InChI is InChI=1S/C10H22N2.C2H6/c1-7-5-10(2,3)8(6-12-4)9(7)11;1-2/h7-9,12H,5-6,11H2,1-4H3;1-2H3. The summed E-state index contributed by atoms with van der Waals surface area (Å²) in [6.45, 7) is 12.0. The van der Waals surface area contributed by atoms with Crippen LogP contribution in [0.15, 0.2) is 0 Å². The zero-order valence-corrected chi connectivity index (χ0v) is 10.7. The summed E-state index contributed by atoms with van der Waals surface area (Å²) in [7, 11) is 2.01. The monoisotopic (exact) mass is 200 g/mol. The second-order valence-electron chi connectivity index (χ2n) is 4.91. The number of nitrogens with one attached hydrogen (secondary N) is 1. The van der Waals surface area contributed by atoms with Crippen LogP contribution in [0.5, 0.6) is 0 Å². The van der Waals surface area contributed by atoms with E-state index in [1.165, 1.54) is 6.42 Å². The summed E-state index contributed by atoms with van der Waals surface area (Å²) in [5, 5.41) is 3.24. The van der Waals surface area contributed by atoms with E-state index in [0.29, 0.717) is 23.3 Å². The molecule has 1 rings (SSSR count). The molecule has 1 fully saturated rings. The Morgan fingerprint density at radius 2 is 1.86 bits per heavy atom. The fourth-order valence-corrected chi connectivity index (χ4v) is 2.67. The Kier molecular flexibility index (Phi) is 5.68. The number of hydrogen-bond acceptors (Lipinski definition) is 2. The summed E-state index contributed by atoms with van der Waals surface area (Å²) in [4.78, 5) is 0. The lowest BCUT2D eigenvalue weighted by Crippen LogP contribution is -2.39. The first-order chi connectivity index (χ1) is 6.49. The Bertz CT molecular complexity index is 154. The topological polar surface area (TPSA) is 38.0 Å². The van der Waals surface area contributed by atoms with Crippen LogP contribution in [0, 0.1) is 17.3 Å². The third kappa shape index (κ3) is 2.96. The molecule has 3 N–H and O–H groups in total. The molecule has 0 saturated heterocycles. The molecule has 3 unspecified atom stereocenters. The third-order valence-electron chi connectivity index (χ3n) is 3.40. The van der Waals surface area contributed by atoms with E-state index >= 15 is 0 Å². The summed E-state index contributed by atoms with van der Waals surface area (Å²) in [5.41, 5.74) is 6.56. The molecule has 2 heteroatoms. The zero-order chi connectivity index (χ0) is 11.4. The van der Waals surface area contributed by atoms with Gasteiger partial charge in [0, 0.05) is 6.04 Å². The van der Waals surface area contributed by atoms with E-state index in [1.807, 2.05) is 20.9 Å². The van der Waals surface area contributed by atoms with Gasteiger partial charge in [0.1, 0.15) is 0 Å². The van der Waals surface area contributed by atoms with E-state index in [9.17, 15) is 0 Å². The average Bonchev–Trinajstić information content (AvgIpc) is 2.32. The molecule has 0 aromatic rings. The molecule has 2 nitrogen and oxygen atoms in total. The second-order valence-corrected chi connectivity index (χ2v) is 4.91. The smallest absolute Gasteiger partial charge is 0.0110 e. The van der Waals surface area contributed by atoms with Gasteiger partial charge in [0.2, 0.25) is 0 Å². The van der Waals surface area contributed by atoms with Gasteiger partial charge in [0.05, 0.1) is 0 Å². The second kappa shape index (κ2) is 5.72. The highest BCUT2D eigenvalue weighted by molar-refractivity contribution is 4.97. The highest BCUT2D eigenvalue weighted by atomic mass is 14.9. The van der Waals surface area contributed by atoms with E-state index in [2.05, 4.69) is 26.1 Å². The van der Waals surface area contributed by atoms with Gasteiger partial charge in [-0.3, -0.25) is 0 Å². The molecule has 0 spiro atoms. The summed E-state index contributed by atoms with van der Waals surface area (Å²) < 4.78 is 0. The van der Waals surface area contributed by atoms with Crippen molar-refractivity contribution in [1.82, 2.24) is 5.32 Å². The quantitative estimate of drug-likeness (QED) is 0.717. The maximum Gasteiger partial charge on any atom is 0.0110 e. The molecular weight excluding hydrogens is 172 g/mol. The first-order valence-corrected chi connectivity index (χ1v) is 5.89. The molecule has 3 atom stereocenters. The van der Waals surface area contributed by atoms with E-state index in [1.54, 1.807) is 0 Å². The predicted octanol–water partition coefficient (Wildman–Crippen LogP) is 2.24. The lowest BCUT2D eigenvalue weighted by Gasteiger charge is -2.28. The van der Waals surface area contributed by atoms with Crippen molar-refractivity contribution in [3.05, 3.63) is 0 Å². The molecule has 1 aliphatic rings. The van der Waals surface area contributed by atoms with E-state index in [0.717, 1.165) is 6.54 Å². The Hall–Kier alpha value is -0.0800. The largest absolute Gasteiger partial charge is 0.327 e. The van der Waals surface area contributed by atoms with Crippen molar-refractivity contribution in [2.75, 3.05) is 13.6 Å². The molecule has 14 heavy (non-hydrogen) atoms. The third-order valence-corrected chi connectivity index (χ3v) is 3.40. The molecule has 1 aliphatic carbocycles. The molecule has 0 radical (unpaired) electrons. The first-order valence-electron chi connectivity index (χ1n) is 5.89. The minimum Gasteiger partial charge on any atom is -0.327 e. The highest BCUT2D eigenvalue weighted by Crippen LogP contribution is 2.44. The van der Waals surface area contributed by atoms with Gasteiger partial charge < -0.3 is 11.1 Å². The summed E-state index contributed by atoms with van der Waals surface area (Å²) in [6, 6.07) is 0.382. The van der Waals surface area contributed by atoms with Gasteiger partial charge in [0.25, 0.3) is 0 Å². The minimum atomic E-state index is 0.382. The Labute approximate surface area is 89.6 Å². The highest BCUT2D eigenvalue weighted by Gasteiger charge is 2.43. The Balaban J connectivity index is 0.000000791. The van der Waals surface area contributed by atoms with Crippen LogP contribution in [-0.4, -0.2) is 19.6 Å². The van der Waals surface area contributed by atoms with Gasteiger partial charge in [-0.05, 0) is 37.3 Å². The maximum absolute atomic E-state index is 6.14. The minimum absolute atomic E-state index is 0.382. The molecular formula is C12H28N2. The fourth-order valence-electron chi connectivity index (χ4n) is 2.67. The molecule has 0 heterocycles. The molecule has 0 amide bonds. The SMILES string of the molecule is CC.CNCC1C(N)C(C)CC1(C)C. The van der Waals surface area contributed by atoms with Gasteiger partial charge in [-0.15, -0.1) is 0 Å². The maximum atomic E-state index is 6.14. The van der Waals surface area contributed by atoms with Crippen molar-refractivity contribution in [2.45, 2.75) is 47.1 Å². The summed E-state index contributed by atoms with van der Waals surface area (Å²) in [5.74, 6) is 1.32. The molecule has 86 valence electrons. The van der Waals surface area contributed by atoms with Crippen molar-refractivity contribution in [1.29, 1.82) is 0 Å². The number of hydrogen-bond donors (Lipinski definition) is 2. The summed E-state index contributed by atoms with van der Waals surface area (Å²) >= 11 is 0. The Morgan fingerprint density at radius 1 is 1.36 bits per heavy atom.